The molecular weight excluding hydrogens is 294 g/mol. The van der Waals surface area contributed by atoms with E-state index in [-0.39, 0.29) is 22.6 Å². The minimum Gasteiger partial charge on any atom is -0.508 e. The molecule has 1 aromatic rings. The first-order valence-electron chi connectivity index (χ1n) is 6.19. The highest BCUT2D eigenvalue weighted by molar-refractivity contribution is 6.15. The molecule has 1 aliphatic heterocycles. The van der Waals surface area contributed by atoms with Crippen LogP contribution in [0.5, 0.6) is 5.75 Å². The van der Waals surface area contributed by atoms with Crippen molar-refractivity contribution in [3.8, 4) is 5.75 Å². The smallest absolute Gasteiger partial charge is 0.350 e. The Labute approximate surface area is 125 Å². The number of hydrogen-bond donors (Lipinski definition) is 3. The molecule has 0 spiro atoms. The molecule has 8 nitrogen and oxygen atoms in total. The van der Waals surface area contributed by atoms with Gasteiger partial charge in [-0.25, -0.2) is 14.4 Å². The second kappa shape index (κ2) is 5.40. The second-order valence-corrected chi connectivity index (χ2v) is 4.95. The maximum atomic E-state index is 11.7. The van der Waals surface area contributed by atoms with Gasteiger partial charge in [0.25, 0.3) is 5.79 Å². The summed E-state index contributed by atoms with van der Waals surface area (Å²) in [6.45, 7) is 2.84. The van der Waals surface area contributed by atoms with Gasteiger partial charge in [0, 0.05) is 31.8 Å². The molecule has 1 aliphatic rings. The van der Waals surface area contributed by atoms with E-state index < -0.39 is 23.7 Å². The van der Waals surface area contributed by atoms with Gasteiger partial charge in [-0.15, -0.1) is 0 Å². The molecule has 0 saturated carbocycles. The van der Waals surface area contributed by atoms with Gasteiger partial charge in [0.15, 0.2) is 5.57 Å². The van der Waals surface area contributed by atoms with Crippen molar-refractivity contribution in [2.24, 2.45) is 0 Å². The molecule has 0 radical (unpaired) electrons. The van der Waals surface area contributed by atoms with Gasteiger partial charge in [0.1, 0.15) is 5.75 Å². The maximum Gasteiger partial charge on any atom is 0.350 e. The Bertz CT molecular complexity index is 668. The predicted octanol–water partition coefficient (Wildman–Crippen LogP) is 1.22. The van der Waals surface area contributed by atoms with Gasteiger partial charge in [-0.05, 0) is 12.1 Å². The lowest BCUT2D eigenvalue weighted by atomic mass is 10.2. The zero-order chi connectivity index (χ0) is 16.5. The SMILES string of the molecule is CC1(C)OC(=O)C(=CNc2cc(O)cc(C(=O)O)c2)C(=O)O1. The molecule has 0 amide bonds. The van der Waals surface area contributed by atoms with E-state index in [1.165, 1.54) is 26.0 Å². The first kappa shape index (κ1) is 15.4. The number of cyclic esters (lactones) is 2. The molecule has 1 aromatic carbocycles. The average molecular weight is 307 g/mol. The van der Waals surface area contributed by atoms with Crippen LogP contribution in [-0.2, 0) is 19.1 Å². The molecule has 0 bridgehead atoms. The van der Waals surface area contributed by atoms with Crippen LogP contribution in [-0.4, -0.2) is 33.9 Å². The third kappa shape index (κ3) is 3.35. The third-order valence-corrected chi connectivity index (χ3v) is 2.66. The molecule has 0 aromatic heterocycles. The summed E-state index contributed by atoms with van der Waals surface area (Å²) >= 11 is 0. The number of carboxylic acid groups (broad SMARTS) is 1. The topological polar surface area (TPSA) is 122 Å². The summed E-state index contributed by atoms with van der Waals surface area (Å²) in [5, 5.41) is 20.9. The molecule has 0 unspecified atom stereocenters. The van der Waals surface area contributed by atoms with Crippen molar-refractivity contribution in [2.75, 3.05) is 5.32 Å². The zero-order valence-corrected chi connectivity index (χ0v) is 11.7. The zero-order valence-electron chi connectivity index (χ0n) is 11.7. The number of esters is 2. The molecule has 2 rings (SSSR count). The Kier molecular flexibility index (Phi) is 3.77. The summed E-state index contributed by atoms with van der Waals surface area (Å²) in [7, 11) is 0. The van der Waals surface area contributed by atoms with Crippen LogP contribution in [0.2, 0.25) is 0 Å². The number of benzene rings is 1. The fourth-order valence-electron chi connectivity index (χ4n) is 1.75. The van der Waals surface area contributed by atoms with Crippen molar-refractivity contribution >= 4 is 23.6 Å². The normalized spacial score (nSPS) is 16.5. The number of carbonyl (C=O) groups excluding carboxylic acids is 2. The number of ether oxygens (including phenoxy) is 2. The van der Waals surface area contributed by atoms with Crippen molar-refractivity contribution in [1.82, 2.24) is 0 Å². The largest absolute Gasteiger partial charge is 0.508 e. The number of nitrogens with one attached hydrogen (secondary N) is 1. The molecule has 1 heterocycles. The van der Waals surface area contributed by atoms with Crippen molar-refractivity contribution in [1.29, 1.82) is 0 Å². The van der Waals surface area contributed by atoms with Gasteiger partial charge >= 0.3 is 17.9 Å². The summed E-state index contributed by atoms with van der Waals surface area (Å²) in [5.74, 6) is -4.59. The van der Waals surface area contributed by atoms with Crippen molar-refractivity contribution in [3.05, 3.63) is 35.5 Å². The van der Waals surface area contributed by atoms with Gasteiger partial charge in [-0.1, -0.05) is 0 Å². The Morgan fingerprint density at radius 2 is 1.77 bits per heavy atom. The summed E-state index contributed by atoms with van der Waals surface area (Å²) in [5.41, 5.74) is -0.356. The second-order valence-electron chi connectivity index (χ2n) is 4.95. The van der Waals surface area contributed by atoms with Crippen LogP contribution in [0.1, 0.15) is 24.2 Å². The van der Waals surface area contributed by atoms with Gasteiger partial charge < -0.3 is 25.0 Å². The van der Waals surface area contributed by atoms with E-state index in [9.17, 15) is 19.5 Å². The van der Waals surface area contributed by atoms with E-state index in [4.69, 9.17) is 14.6 Å². The molecule has 1 fully saturated rings. The Balaban J connectivity index is 2.23. The van der Waals surface area contributed by atoms with Crippen LogP contribution in [0.25, 0.3) is 0 Å². The summed E-state index contributed by atoms with van der Waals surface area (Å²) in [6.07, 6.45) is 1.03. The Morgan fingerprint density at radius 3 is 2.32 bits per heavy atom. The number of phenolic OH excluding ortho intramolecular Hbond substituents is 1. The van der Waals surface area contributed by atoms with Crippen LogP contribution in [0, 0.1) is 0 Å². The van der Waals surface area contributed by atoms with E-state index in [2.05, 4.69) is 5.32 Å². The minimum absolute atomic E-state index is 0.157. The van der Waals surface area contributed by atoms with E-state index in [1.807, 2.05) is 0 Å². The van der Waals surface area contributed by atoms with Gasteiger partial charge in [0.05, 0.1) is 5.56 Å². The lowest BCUT2D eigenvalue weighted by Gasteiger charge is -2.29. The van der Waals surface area contributed by atoms with Crippen LogP contribution in [0.4, 0.5) is 5.69 Å². The predicted molar refractivity (Wildman–Crippen MR) is 73.0 cm³/mol. The number of carboxylic acids is 1. The molecule has 0 atom stereocenters. The highest BCUT2D eigenvalue weighted by Crippen LogP contribution is 2.24. The number of phenols is 1. The van der Waals surface area contributed by atoms with E-state index in [1.54, 1.807) is 0 Å². The van der Waals surface area contributed by atoms with Crippen LogP contribution in [0.3, 0.4) is 0 Å². The first-order chi connectivity index (χ1) is 10.2. The van der Waals surface area contributed by atoms with Crippen LogP contribution < -0.4 is 5.32 Å². The lowest BCUT2D eigenvalue weighted by Crippen LogP contribution is -2.42. The number of hydrogen-bond acceptors (Lipinski definition) is 7. The molecule has 8 heteroatoms. The number of aromatic carboxylic acids is 1. The Morgan fingerprint density at radius 1 is 1.18 bits per heavy atom. The number of anilines is 1. The summed E-state index contributed by atoms with van der Waals surface area (Å²) in [6, 6.07) is 3.52. The Hall–Kier alpha value is -3.03. The molecule has 22 heavy (non-hydrogen) atoms. The van der Waals surface area contributed by atoms with E-state index in [0.717, 1.165) is 12.3 Å². The van der Waals surface area contributed by atoms with Crippen LogP contribution in [0.15, 0.2) is 30.0 Å². The van der Waals surface area contributed by atoms with E-state index in [0.29, 0.717) is 0 Å². The van der Waals surface area contributed by atoms with Crippen molar-refractivity contribution in [2.45, 2.75) is 19.6 Å². The maximum absolute atomic E-state index is 11.7. The molecular formula is C14H13NO7. The average Bonchev–Trinajstić information content (AvgIpc) is 2.35. The fraction of sp³-hybridized carbons (Fsp3) is 0.214. The molecule has 116 valence electrons. The van der Waals surface area contributed by atoms with Crippen LogP contribution >= 0.6 is 0 Å². The quantitative estimate of drug-likeness (QED) is 0.433. The molecule has 0 aliphatic carbocycles. The highest BCUT2D eigenvalue weighted by atomic mass is 16.7. The van der Waals surface area contributed by atoms with E-state index >= 15 is 0 Å². The van der Waals surface area contributed by atoms with Gasteiger partial charge in [-0.2, -0.15) is 0 Å². The lowest BCUT2D eigenvalue weighted by molar-refractivity contribution is -0.222. The third-order valence-electron chi connectivity index (χ3n) is 2.66. The number of rotatable bonds is 3. The summed E-state index contributed by atoms with van der Waals surface area (Å²) < 4.78 is 9.79. The van der Waals surface area contributed by atoms with Crippen molar-refractivity contribution < 1.29 is 34.1 Å². The fourth-order valence-corrected chi connectivity index (χ4v) is 1.75. The van der Waals surface area contributed by atoms with Gasteiger partial charge in [-0.3, -0.25) is 0 Å². The first-order valence-corrected chi connectivity index (χ1v) is 6.19. The standard InChI is InChI=1S/C14H13NO7/c1-14(2)21-12(19)10(13(20)22-14)6-15-8-3-7(11(17)18)4-9(16)5-8/h3-6,15-16H,1-2H3,(H,17,18). The summed E-state index contributed by atoms with van der Waals surface area (Å²) in [4.78, 5) is 34.3. The molecule has 1 saturated heterocycles. The molecule has 3 N–H and O–H groups in total. The number of carbonyl (C=O) groups is 3. The van der Waals surface area contributed by atoms with Crippen molar-refractivity contribution in [3.63, 3.8) is 0 Å². The highest BCUT2D eigenvalue weighted by Gasteiger charge is 2.38. The minimum atomic E-state index is -1.34. The number of aromatic hydroxyl groups is 1. The monoisotopic (exact) mass is 307 g/mol. The van der Waals surface area contributed by atoms with Gasteiger partial charge in [0.2, 0.25) is 0 Å².